The van der Waals surface area contributed by atoms with Crippen molar-refractivity contribution >= 4 is 33.8 Å². The fourth-order valence-electron chi connectivity index (χ4n) is 1.92. The largest absolute Gasteiger partial charge is 0.383 e. The predicted octanol–water partition coefficient (Wildman–Crippen LogP) is 2.67. The van der Waals surface area contributed by atoms with E-state index in [-0.39, 0.29) is 0 Å². The van der Waals surface area contributed by atoms with E-state index in [1.165, 1.54) is 10.8 Å². The van der Waals surface area contributed by atoms with Gasteiger partial charge in [-0.2, -0.15) is 5.10 Å². The number of ether oxygens (including phenoxy) is 1. The molecule has 0 atom stereocenters. The molecule has 2 N–H and O–H groups in total. The summed E-state index contributed by atoms with van der Waals surface area (Å²) < 4.78 is 4.94. The maximum atomic E-state index is 5.13. The van der Waals surface area contributed by atoms with E-state index >= 15 is 0 Å². The Hall–Kier alpha value is -1.98. The number of benzene rings is 2. The molecule has 0 aliphatic carbocycles. The fraction of sp³-hybridized carbons (Fsp3) is 0.250. The molecule has 2 aromatic rings. The van der Waals surface area contributed by atoms with E-state index < -0.39 is 0 Å². The van der Waals surface area contributed by atoms with Crippen LogP contribution in [0.2, 0.25) is 0 Å². The van der Waals surface area contributed by atoms with Crippen molar-refractivity contribution in [2.75, 3.05) is 20.3 Å². The normalized spacial score (nSPS) is 11.4. The molecule has 2 rings (SSSR count). The van der Waals surface area contributed by atoms with Crippen LogP contribution in [0.15, 0.2) is 47.6 Å². The summed E-state index contributed by atoms with van der Waals surface area (Å²) in [5.74, 6) is 0. The van der Waals surface area contributed by atoms with Crippen LogP contribution in [0.4, 0.5) is 0 Å². The van der Waals surface area contributed by atoms with Crippen molar-refractivity contribution in [1.29, 1.82) is 0 Å². The number of nitrogens with zero attached hydrogens (tertiary/aromatic N) is 1. The first-order valence-electron chi connectivity index (χ1n) is 6.77. The van der Waals surface area contributed by atoms with Gasteiger partial charge in [0.25, 0.3) is 0 Å². The first-order valence-corrected chi connectivity index (χ1v) is 7.18. The zero-order valence-electron chi connectivity index (χ0n) is 12.2. The van der Waals surface area contributed by atoms with Gasteiger partial charge in [0.2, 0.25) is 0 Å². The molecule has 5 heteroatoms. The first kappa shape index (κ1) is 15.4. The summed E-state index contributed by atoms with van der Waals surface area (Å²) in [7, 11) is 1.65. The zero-order chi connectivity index (χ0) is 15.1. The van der Waals surface area contributed by atoms with E-state index in [2.05, 4.69) is 46.2 Å². The van der Waals surface area contributed by atoms with Crippen LogP contribution in [-0.4, -0.2) is 31.1 Å². The maximum Gasteiger partial charge on any atom is 0.187 e. The van der Waals surface area contributed by atoms with Crippen LogP contribution in [0.3, 0.4) is 0 Å². The monoisotopic (exact) mass is 301 g/mol. The Morgan fingerprint density at radius 3 is 2.71 bits per heavy atom. The lowest BCUT2D eigenvalue weighted by Gasteiger charge is -2.08. The SMILES string of the molecule is COCCNC(=S)NN=C(C)c1ccc2ccccc2c1. The highest BCUT2D eigenvalue weighted by Crippen LogP contribution is 2.15. The van der Waals surface area contributed by atoms with Crippen LogP contribution in [-0.2, 0) is 4.74 Å². The number of hydrogen-bond acceptors (Lipinski definition) is 3. The van der Waals surface area contributed by atoms with Crippen molar-refractivity contribution in [3.05, 3.63) is 48.0 Å². The summed E-state index contributed by atoms with van der Waals surface area (Å²) in [6.07, 6.45) is 0. The fourth-order valence-corrected chi connectivity index (χ4v) is 2.07. The Balaban J connectivity index is 2.01. The Kier molecular flexibility index (Phi) is 5.66. The Morgan fingerprint density at radius 1 is 1.19 bits per heavy atom. The van der Waals surface area contributed by atoms with Gasteiger partial charge >= 0.3 is 0 Å². The molecule has 0 aliphatic rings. The molecule has 0 saturated heterocycles. The second kappa shape index (κ2) is 7.71. The molecular weight excluding hydrogens is 282 g/mol. The second-order valence-corrected chi connectivity index (χ2v) is 5.03. The third kappa shape index (κ3) is 4.51. The summed E-state index contributed by atoms with van der Waals surface area (Å²) in [4.78, 5) is 0. The van der Waals surface area contributed by atoms with Crippen molar-refractivity contribution in [1.82, 2.24) is 10.7 Å². The number of hydrazone groups is 1. The van der Waals surface area contributed by atoms with Crippen molar-refractivity contribution in [3.63, 3.8) is 0 Å². The molecule has 0 unspecified atom stereocenters. The van der Waals surface area contributed by atoms with Crippen molar-refractivity contribution in [2.24, 2.45) is 5.10 Å². The molecule has 0 fully saturated rings. The average molecular weight is 301 g/mol. The zero-order valence-corrected chi connectivity index (χ0v) is 13.0. The highest BCUT2D eigenvalue weighted by molar-refractivity contribution is 7.80. The van der Waals surface area contributed by atoms with Crippen LogP contribution in [0, 0.1) is 0 Å². The third-order valence-corrected chi connectivity index (χ3v) is 3.32. The molecule has 0 aromatic heterocycles. The second-order valence-electron chi connectivity index (χ2n) is 4.62. The van der Waals surface area contributed by atoms with Crippen molar-refractivity contribution in [2.45, 2.75) is 6.92 Å². The van der Waals surface area contributed by atoms with Gasteiger partial charge in [-0.1, -0.05) is 36.4 Å². The van der Waals surface area contributed by atoms with Crippen molar-refractivity contribution in [3.8, 4) is 0 Å². The molecule has 0 spiro atoms. The molecule has 0 heterocycles. The van der Waals surface area contributed by atoms with Gasteiger partial charge in [-0.3, -0.25) is 5.43 Å². The van der Waals surface area contributed by atoms with Gasteiger partial charge in [0.05, 0.1) is 12.3 Å². The number of nitrogens with one attached hydrogen (secondary N) is 2. The van der Waals surface area contributed by atoms with E-state index in [1.807, 2.05) is 19.1 Å². The molecule has 110 valence electrons. The summed E-state index contributed by atoms with van der Waals surface area (Å²) >= 11 is 5.13. The minimum Gasteiger partial charge on any atom is -0.383 e. The van der Waals surface area contributed by atoms with E-state index in [0.29, 0.717) is 18.3 Å². The minimum absolute atomic E-state index is 0.493. The van der Waals surface area contributed by atoms with Gasteiger partial charge in [0.15, 0.2) is 5.11 Å². The Labute approximate surface area is 130 Å². The molecular formula is C16H19N3OS. The summed E-state index contributed by atoms with van der Waals surface area (Å²) in [6, 6.07) is 14.5. The molecule has 21 heavy (non-hydrogen) atoms. The molecule has 4 nitrogen and oxygen atoms in total. The van der Waals surface area contributed by atoms with E-state index in [4.69, 9.17) is 17.0 Å². The first-order chi connectivity index (χ1) is 10.2. The topological polar surface area (TPSA) is 45.6 Å². The van der Waals surface area contributed by atoms with Gasteiger partial charge in [0.1, 0.15) is 0 Å². The number of methoxy groups -OCH3 is 1. The number of hydrogen-bond donors (Lipinski definition) is 2. The predicted molar refractivity (Wildman–Crippen MR) is 91.8 cm³/mol. The number of thiocarbonyl (C=S) groups is 1. The van der Waals surface area contributed by atoms with Crippen LogP contribution in [0.5, 0.6) is 0 Å². The van der Waals surface area contributed by atoms with E-state index in [9.17, 15) is 0 Å². The van der Waals surface area contributed by atoms with Gasteiger partial charge in [-0.15, -0.1) is 0 Å². The Morgan fingerprint density at radius 2 is 1.95 bits per heavy atom. The smallest absolute Gasteiger partial charge is 0.187 e. The highest BCUT2D eigenvalue weighted by atomic mass is 32.1. The Bertz CT molecular complexity index is 655. The van der Waals surface area contributed by atoms with Crippen LogP contribution in [0.1, 0.15) is 12.5 Å². The van der Waals surface area contributed by atoms with E-state index in [1.54, 1.807) is 7.11 Å². The van der Waals surface area contributed by atoms with Gasteiger partial charge in [0, 0.05) is 13.7 Å². The minimum atomic E-state index is 0.493. The average Bonchev–Trinajstić information content (AvgIpc) is 2.52. The maximum absolute atomic E-state index is 5.13. The van der Waals surface area contributed by atoms with Crippen LogP contribution in [0.25, 0.3) is 10.8 Å². The molecule has 0 amide bonds. The number of rotatable bonds is 5. The highest BCUT2D eigenvalue weighted by Gasteiger charge is 2.00. The molecule has 0 saturated carbocycles. The lowest BCUT2D eigenvalue weighted by atomic mass is 10.0. The standard InChI is InChI=1S/C16H19N3OS/c1-12(18-19-16(21)17-9-10-20-2)14-8-7-13-5-3-4-6-15(13)11-14/h3-8,11H,9-10H2,1-2H3,(H2,17,19,21). The van der Waals surface area contributed by atoms with Crippen LogP contribution >= 0.6 is 12.2 Å². The van der Waals surface area contributed by atoms with Gasteiger partial charge < -0.3 is 10.1 Å². The van der Waals surface area contributed by atoms with Crippen molar-refractivity contribution < 1.29 is 4.74 Å². The summed E-state index contributed by atoms with van der Waals surface area (Å²) in [5, 5.41) is 10.2. The van der Waals surface area contributed by atoms with Crippen LogP contribution < -0.4 is 10.7 Å². The quantitative estimate of drug-likeness (QED) is 0.386. The third-order valence-electron chi connectivity index (χ3n) is 3.08. The molecule has 2 aromatic carbocycles. The van der Waals surface area contributed by atoms with Gasteiger partial charge in [-0.05, 0) is 41.5 Å². The lowest BCUT2D eigenvalue weighted by Crippen LogP contribution is -2.34. The molecule has 0 radical (unpaired) electrons. The molecule has 0 bridgehead atoms. The summed E-state index contributed by atoms with van der Waals surface area (Å²) in [5.41, 5.74) is 4.80. The molecule has 0 aliphatic heterocycles. The van der Waals surface area contributed by atoms with E-state index in [0.717, 1.165) is 11.3 Å². The number of fused-ring (bicyclic) bond motifs is 1. The lowest BCUT2D eigenvalue weighted by molar-refractivity contribution is 0.204. The summed E-state index contributed by atoms with van der Waals surface area (Å²) in [6.45, 7) is 3.22. The van der Waals surface area contributed by atoms with Gasteiger partial charge in [-0.25, -0.2) is 0 Å².